The van der Waals surface area contributed by atoms with Gasteiger partial charge in [-0.1, -0.05) is 13.3 Å². The van der Waals surface area contributed by atoms with Gasteiger partial charge >= 0.3 is 0 Å². The van der Waals surface area contributed by atoms with Gasteiger partial charge in [0.15, 0.2) is 0 Å². The quantitative estimate of drug-likeness (QED) is 0.837. The maximum Gasteiger partial charge on any atom is 0.132 e. The number of aromatic amines is 1. The molecular formula is C23H32N4. The molecule has 0 aromatic carbocycles. The number of rotatable bonds is 3. The lowest BCUT2D eigenvalue weighted by Gasteiger charge is -2.54. The van der Waals surface area contributed by atoms with Crippen LogP contribution in [0.25, 0.3) is 11.0 Å². The molecule has 0 spiro atoms. The van der Waals surface area contributed by atoms with Crippen molar-refractivity contribution in [3.63, 3.8) is 0 Å². The van der Waals surface area contributed by atoms with Crippen molar-refractivity contribution in [3.05, 3.63) is 23.8 Å². The van der Waals surface area contributed by atoms with Crippen molar-refractivity contribution in [2.45, 2.75) is 63.7 Å². The highest BCUT2D eigenvalue weighted by atomic mass is 15.0. The molecule has 2 aromatic heterocycles. The minimum absolute atomic E-state index is 0.520. The molecule has 27 heavy (non-hydrogen) atoms. The fourth-order valence-electron chi connectivity index (χ4n) is 7.46. The number of fused-ring (bicyclic) bond motifs is 1. The van der Waals surface area contributed by atoms with Gasteiger partial charge in [0.1, 0.15) is 5.82 Å². The van der Waals surface area contributed by atoms with E-state index in [2.05, 4.69) is 29.5 Å². The standard InChI is InChI=1S/C23H32N4/c1-2-15-12-24-5-3-18(15)23-26-19-4-6-25-21(19)22(27-23)20-16-8-13-7-14(10-16)11-17(20)9-13/h4,6,13-18,20,24-25H,2-3,5,7-12H2,1H3. The summed E-state index contributed by atoms with van der Waals surface area (Å²) in [5.74, 6) is 6.75. The zero-order valence-electron chi connectivity index (χ0n) is 16.5. The Morgan fingerprint density at radius 1 is 1.04 bits per heavy atom. The van der Waals surface area contributed by atoms with E-state index in [1.165, 1.54) is 56.2 Å². The number of piperidine rings is 1. The molecule has 4 aliphatic carbocycles. The van der Waals surface area contributed by atoms with Gasteiger partial charge in [-0.2, -0.15) is 0 Å². The lowest BCUT2D eigenvalue weighted by Crippen LogP contribution is -2.44. The summed E-state index contributed by atoms with van der Waals surface area (Å²) in [6.45, 7) is 4.53. The van der Waals surface area contributed by atoms with Gasteiger partial charge in [-0.05, 0) is 87.3 Å². The maximum atomic E-state index is 5.37. The topological polar surface area (TPSA) is 53.6 Å². The molecule has 1 saturated heterocycles. The highest BCUT2D eigenvalue weighted by Crippen LogP contribution is 2.60. The first kappa shape index (κ1) is 16.5. The Hall–Kier alpha value is -1.42. The molecule has 2 aromatic rings. The van der Waals surface area contributed by atoms with Gasteiger partial charge in [0.2, 0.25) is 0 Å². The summed E-state index contributed by atoms with van der Waals surface area (Å²) < 4.78 is 0. The number of aromatic nitrogens is 3. The van der Waals surface area contributed by atoms with E-state index in [1.54, 1.807) is 0 Å². The molecule has 4 heteroatoms. The molecule has 144 valence electrons. The fourth-order valence-corrected chi connectivity index (χ4v) is 7.46. The lowest BCUT2D eigenvalue weighted by atomic mass is 9.51. The summed E-state index contributed by atoms with van der Waals surface area (Å²) in [6, 6.07) is 2.17. The van der Waals surface area contributed by atoms with Gasteiger partial charge in [0.05, 0.1) is 16.7 Å². The Morgan fingerprint density at radius 3 is 2.56 bits per heavy atom. The number of hydrogen-bond donors (Lipinski definition) is 2. The normalized spacial score (nSPS) is 40.7. The molecule has 1 aliphatic heterocycles. The van der Waals surface area contributed by atoms with E-state index in [4.69, 9.17) is 9.97 Å². The van der Waals surface area contributed by atoms with Gasteiger partial charge < -0.3 is 10.3 Å². The fraction of sp³-hybridized carbons (Fsp3) is 0.739. The van der Waals surface area contributed by atoms with Crippen molar-refractivity contribution in [2.24, 2.45) is 29.6 Å². The van der Waals surface area contributed by atoms with E-state index in [-0.39, 0.29) is 0 Å². The second-order valence-electron chi connectivity index (χ2n) is 9.93. The maximum absolute atomic E-state index is 5.37. The van der Waals surface area contributed by atoms with Crippen LogP contribution in [0.15, 0.2) is 12.3 Å². The third-order valence-electron chi connectivity index (χ3n) is 8.46. The first-order valence-corrected chi connectivity index (χ1v) is 11.4. The van der Waals surface area contributed by atoms with Crippen molar-refractivity contribution in [2.75, 3.05) is 13.1 Å². The molecule has 5 fully saturated rings. The second-order valence-corrected chi connectivity index (χ2v) is 9.93. The Kier molecular flexibility index (Phi) is 3.86. The first-order valence-electron chi connectivity index (χ1n) is 11.4. The first-order chi connectivity index (χ1) is 13.3. The lowest BCUT2D eigenvalue weighted by molar-refractivity contribution is -0.00382. The molecule has 2 atom stereocenters. The summed E-state index contributed by atoms with van der Waals surface area (Å²) in [6.07, 6.45) is 11.8. The zero-order chi connectivity index (χ0) is 18.0. The monoisotopic (exact) mass is 364 g/mol. The van der Waals surface area contributed by atoms with Crippen LogP contribution in [0.2, 0.25) is 0 Å². The van der Waals surface area contributed by atoms with E-state index in [0.717, 1.165) is 48.1 Å². The van der Waals surface area contributed by atoms with Crippen LogP contribution >= 0.6 is 0 Å². The predicted octanol–water partition coefficient (Wildman–Crippen LogP) is 4.60. The Labute approximate surface area is 161 Å². The number of nitrogens with zero attached hydrogens (tertiary/aromatic N) is 2. The summed E-state index contributed by atoms with van der Waals surface area (Å²) in [7, 11) is 0. The minimum Gasteiger partial charge on any atom is -0.358 e. The summed E-state index contributed by atoms with van der Waals surface area (Å²) in [4.78, 5) is 13.9. The zero-order valence-corrected chi connectivity index (χ0v) is 16.5. The molecular weight excluding hydrogens is 332 g/mol. The minimum atomic E-state index is 0.520. The van der Waals surface area contributed by atoms with Crippen LogP contribution in [-0.4, -0.2) is 28.0 Å². The summed E-state index contributed by atoms with van der Waals surface area (Å²) >= 11 is 0. The Bertz CT molecular complexity index is 812. The molecule has 4 bridgehead atoms. The van der Waals surface area contributed by atoms with Crippen LogP contribution < -0.4 is 5.32 Å². The Balaban J connectivity index is 1.44. The molecule has 5 aliphatic rings. The molecule has 0 radical (unpaired) electrons. The summed E-state index contributed by atoms with van der Waals surface area (Å²) in [5, 5.41) is 3.58. The number of hydrogen-bond acceptors (Lipinski definition) is 3. The number of H-pyrrole nitrogens is 1. The van der Waals surface area contributed by atoms with Gasteiger partial charge in [0, 0.05) is 18.0 Å². The number of nitrogens with one attached hydrogen (secondary N) is 2. The molecule has 4 nitrogen and oxygen atoms in total. The van der Waals surface area contributed by atoms with Gasteiger partial charge in [-0.3, -0.25) is 0 Å². The predicted molar refractivity (Wildman–Crippen MR) is 108 cm³/mol. The molecule has 3 heterocycles. The third-order valence-corrected chi connectivity index (χ3v) is 8.46. The van der Waals surface area contributed by atoms with Crippen LogP contribution in [-0.2, 0) is 0 Å². The van der Waals surface area contributed by atoms with E-state index < -0.39 is 0 Å². The van der Waals surface area contributed by atoms with E-state index in [9.17, 15) is 0 Å². The highest BCUT2D eigenvalue weighted by Gasteiger charge is 2.49. The SMILES string of the molecule is CCC1CNCCC1c1nc(C2C3CC4CC(C3)CC2C4)c2[nH]ccc2n1. The van der Waals surface area contributed by atoms with E-state index in [0.29, 0.717) is 17.8 Å². The summed E-state index contributed by atoms with van der Waals surface area (Å²) in [5.41, 5.74) is 3.76. The van der Waals surface area contributed by atoms with Crippen LogP contribution in [0.5, 0.6) is 0 Å². The average molecular weight is 365 g/mol. The van der Waals surface area contributed by atoms with Crippen LogP contribution in [0.4, 0.5) is 0 Å². The van der Waals surface area contributed by atoms with E-state index >= 15 is 0 Å². The molecule has 2 unspecified atom stereocenters. The van der Waals surface area contributed by atoms with Crippen LogP contribution in [0.1, 0.15) is 75.2 Å². The Morgan fingerprint density at radius 2 is 1.81 bits per heavy atom. The van der Waals surface area contributed by atoms with Crippen molar-refractivity contribution >= 4 is 11.0 Å². The van der Waals surface area contributed by atoms with Gasteiger partial charge in [-0.15, -0.1) is 0 Å². The van der Waals surface area contributed by atoms with Crippen molar-refractivity contribution in [3.8, 4) is 0 Å². The highest BCUT2D eigenvalue weighted by molar-refractivity contribution is 5.78. The molecule has 2 N–H and O–H groups in total. The van der Waals surface area contributed by atoms with E-state index in [1.807, 2.05) is 0 Å². The second kappa shape index (κ2) is 6.30. The van der Waals surface area contributed by atoms with Gasteiger partial charge in [-0.25, -0.2) is 9.97 Å². The smallest absolute Gasteiger partial charge is 0.132 e. The van der Waals surface area contributed by atoms with Crippen molar-refractivity contribution in [1.82, 2.24) is 20.3 Å². The molecule has 0 amide bonds. The van der Waals surface area contributed by atoms with Crippen molar-refractivity contribution in [1.29, 1.82) is 0 Å². The largest absolute Gasteiger partial charge is 0.358 e. The molecule has 7 rings (SSSR count). The van der Waals surface area contributed by atoms with Gasteiger partial charge in [0.25, 0.3) is 0 Å². The van der Waals surface area contributed by atoms with Crippen LogP contribution in [0, 0.1) is 29.6 Å². The molecule has 4 saturated carbocycles. The third kappa shape index (κ3) is 2.59. The van der Waals surface area contributed by atoms with Crippen LogP contribution in [0.3, 0.4) is 0 Å². The van der Waals surface area contributed by atoms with Crippen molar-refractivity contribution < 1.29 is 0 Å². The average Bonchev–Trinajstić information content (AvgIpc) is 3.15.